The van der Waals surface area contributed by atoms with Crippen molar-refractivity contribution in [3.63, 3.8) is 0 Å². The van der Waals surface area contributed by atoms with Crippen LogP contribution in [0.5, 0.6) is 0 Å². The van der Waals surface area contributed by atoms with Crippen molar-refractivity contribution in [2.45, 2.75) is 13.1 Å². The molecule has 2 aromatic rings. The third-order valence-electron chi connectivity index (χ3n) is 2.73. The number of carbonyl (C=O) groups is 1. The summed E-state index contributed by atoms with van der Waals surface area (Å²) in [4.78, 5) is 12.1. The Bertz CT molecular complexity index is 653. The second-order valence-corrected chi connectivity index (χ2v) is 5.39. The summed E-state index contributed by atoms with van der Waals surface area (Å²) in [5.74, 6) is 0. The molecule has 0 unspecified atom stereocenters. The maximum atomic E-state index is 12.6. The Kier molecular flexibility index (Phi) is 4.09. The van der Waals surface area contributed by atoms with Crippen LogP contribution in [0, 0.1) is 6.92 Å². The lowest BCUT2D eigenvalue weighted by atomic mass is 10.1. The first-order valence-electron chi connectivity index (χ1n) is 5.81. The van der Waals surface area contributed by atoms with E-state index in [1.807, 2.05) is 6.92 Å². The number of carbonyl (C=O) groups excluding carboxylic acids is 1. The van der Waals surface area contributed by atoms with Crippen LogP contribution in [-0.4, -0.2) is 6.29 Å². The van der Waals surface area contributed by atoms with Crippen molar-refractivity contribution in [3.8, 4) is 0 Å². The molecule has 1 aromatic carbocycles. The van der Waals surface area contributed by atoms with Gasteiger partial charge in [0, 0.05) is 4.88 Å². The summed E-state index contributed by atoms with van der Waals surface area (Å²) >= 11 is 1.31. The van der Waals surface area contributed by atoms with Gasteiger partial charge in [-0.1, -0.05) is 18.2 Å². The van der Waals surface area contributed by atoms with E-state index >= 15 is 0 Å². The van der Waals surface area contributed by atoms with Gasteiger partial charge in [0.15, 0.2) is 6.29 Å². The summed E-state index contributed by atoms with van der Waals surface area (Å²) in [6.45, 7) is 1.86. The summed E-state index contributed by atoms with van der Waals surface area (Å²) in [5.41, 5.74) is 0.733. The molecule has 0 aliphatic heterocycles. The highest BCUT2D eigenvalue weighted by Crippen LogP contribution is 2.30. The molecule has 0 saturated carbocycles. The van der Waals surface area contributed by atoms with Gasteiger partial charge < -0.3 is 0 Å². The number of alkyl halides is 3. The Morgan fingerprint density at radius 1 is 1.15 bits per heavy atom. The number of halogens is 3. The van der Waals surface area contributed by atoms with Crippen LogP contribution in [0.4, 0.5) is 13.2 Å². The summed E-state index contributed by atoms with van der Waals surface area (Å²) in [5, 5.41) is 0. The van der Waals surface area contributed by atoms with E-state index in [-0.39, 0.29) is 0 Å². The molecule has 1 heterocycles. The molecule has 0 aliphatic rings. The van der Waals surface area contributed by atoms with E-state index < -0.39 is 11.7 Å². The van der Waals surface area contributed by atoms with Gasteiger partial charge in [-0.2, -0.15) is 13.2 Å². The van der Waals surface area contributed by atoms with Crippen LogP contribution in [0.1, 0.15) is 31.2 Å². The fourth-order valence-electron chi connectivity index (χ4n) is 1.74. The number of hydrogen-bond acceptors (Lipinski definition) is 2. The lowest BCUT2D eigenvalue weighted by Crippen LogP contribution is -2.04. The van der Waals surface area contributed by atoms with Crippen LogP contribution < -0.4 is 0 Å². The van der Waals surface area contributed by atoms with Gasteiger partial charge in [-0.15, -0.1) is 11.3 Å². The number of hydrogen-bond donors (Lipinski definition) is 0. The van der Waals surface area contributed by atoms with Crippen molar-refractivity contribution >= 4 is 29.8 Å². The quantitative estimate of drug-likeness (QED) is 0.724. The zero-order valence-corrected chi connectivity index (χ0v) is 11.4. The average Bonchev–Trinajstić information content (AvgIpc) is 2.76. The first-order valence-corrected chi connectivity index (χ1v) is 6.63. The molecule has 0 N–H and O–H groups in total. The predicted molar refractivity (Wildman–Crippen MR) is 74.8 cm³/mol. The standard InChI is InChI=1S/C15H11F3OS/c1-10-7-13(9-19)20-14(10)6-5-11-3-2-4-12(8-11)15(16,17)18/h2-9H,1H3/b6-5+. The van der Waals surface area contributed by atoms with Crippen LogP contribution in [-0.2, 0) is 6.18 Å². The Labute approximate surface area is 118 Å². The molecule has 2 rings (SSSR count). The van der Waals surface area contributed by atoms with Gasteiger partial charge >= 0.3 is 6.18 Å². The van der Waals surface area contributed by atoms with Gasteiger partial charge in [-0.3, -0.25) is 4.79 Å². The number of thiophene rings is 1. The molecule has 0 radical (unpaired) electrons. The van der Waals surface area contributed by atoms with Crippen LogP contribution in [0.3, 0.4) is 0 Å². The molecule has 0 spiro atoms. The molecule has 0 saturated heterocycles. The van der Waals surface area contributed by atoms with E-state index in [0.717, 1.165) is 28.9 Å². The Hall–Kier alpha value is -1.88. The summed E-state index contributed by atoms with van der Waals surface area (Å²) in [7, 11) is 0. The van der Waals surface area contributed by atoms with Gasteiger partial charge in [0.1, 0.15) is 0 Å². The van der Waals surface area contributed by atoms with Crippen molar-refractivity contribution in [2.24, 2.45) is 0 Å². The molecule has 0 amide bonds. The van der Waals surface area contributed by atoms with Crippen molar-refractivity contribution in [1.29, 1.82) is 0 Å². The molecule has 0 atom stereocenters. The van der Waals surface area contributed by atoms with Crippen LogP contribution in [0.2, 0.25) is 0 Å². The highest BCUT2D eigenvalue weighted by Gasteiger charge is 2.30. The SMILES string of the molecule is Cc1cc(C=O)sc1/C=C/c1cccc(C(F)(F)F)c1. The van der Waals surface area contributed by atoms with Gasteiger partial charge in [0.05, 0.1) is 10.4 Å². The van der Waals surface area contributed by atoms with E-state index in [1.165, 1.54) is 17.4 Å². The number of rotatable bonds is 3. The number of aryl methyl sites for hydroxylation is 1. The van der Waals surface area contributed by atoms with Crippen molar-refractivity contribution < 1.29 is 18.0 Å². The number of benzene rings is 1. The van der Waals surface area contributed by atoms with Crippen molar-refractivity contribution in [2.75, 3.05) is 0 Å². The molecule has 0 bridgehead atoms. The van der Waals surface area contributed by atoms with E-state index in [4.69, 9.17) is 0 Å². The zero-order chi connectivity index (χ0) is 14.8. The third-order valence-corrected chi connectivity index (χ3v) is 3.86. The van der Waals surface area contributed by atoms with Crippen molar-refractivity contribution in [1.82, 2.24) is 0 Å². The molecular weight excluding hydrogens is 285 g/mol. The first-order chi connectivity index (χ1) is 9.40. The lowest BCUT2D eigenvalue weighted by Gasteiger charge is -2.06. The smallest absolute Gasteiger partial charge is 0.297 e. The van der Waals surface area contributed by atoms with Gasteiger partial charge in [-0.25, -0.2) is 0 Å². The molecule has 0 aliphatic carbocycles. The molecular formula is C15H11F3OS. The van der Waals surface area contributed by atoms with Gasteiger partial charge in [0.2, 0.25) is 0 Å². The third kappa shape index (κ3) is 3.36. The number of aldehydes is 1. The Morgan fingerprint density at radius 3 is 2.50 bits per heavy atom. The first kappa shape index (κ1) is 14.5. The second-order valence-electron chi connectivity index (χ2n) is 4.27. The van der Waals surface area contributed by atoms with Crippen LogP contribution >= 0.6 is 11.3 Å². The second kappa shape index (κ2) is 5.63. The largest absolute Gasteiger partial charge is 0.416 e. The molecule has 20 heavy (non-hydrogen) atoms. The van der Waals surface area contributed by atoms with E-state index in [9.17, 15) is 18.0 Å². The fourth-order valence-corrected chi connectivity index (χ4v) is 2.63. The summed E-state index contributed by atoms with van der Waals surface area (Å²) in [6.07, 6.45) is -0.238. The Balaban J connectivity index is 2.27. The molecule has 104 valence electrons. The Morgan fingerprint density at radius 2 is 1.90 bits per heavy atom. The topological polar surface area (TPSA) is 17.1 Å². The molecule has 0 fully saturated rings. The van der Waals surface area contributed by atoms with Gasteiger partial charge in [0.25, 0.3) is 0 Å². The zero-order valence-electron chi connectivity index (χ0n) is 10.6. The van der Waals surface area contributed by atoms with E-state index in [1.54, 1.807) is 24.3 Å². The maximum Gasteiger partial charge on any atom is 0.416 e. The molecule has 1 nitrogen and oxygen atoms in total. The van der Waals surface area contributed by atoms with Crippen LogP contribution in [0.15, 0.2) is 30.3 Å². The highest BCUT2D eigenvalue weighted by molar-refractivity contribution is 7.14. The normalized spacial score (nSPS) is 12.0. The predicted octanol–water partition coefficient (Wildman–Crippen LogP) is 5.06. The summed E-state index contributed by atoms with van der Waals surface area (Å²) in [6, 6.07) is 6.87. The summed E-state index contributed by atoms with van der Waals surface area (Å²) < 4.78 is 37.8. The minimum atomic E-state index is -4.34. The maximum absolute atomic E-state index is 12.6. The molecule has 5 heteroatoms. The molecule has 1 aromatic heterocycles. The van der Waals surface area contributed by atoms with E-state index in [2.05, 4.69) is 0 Å². The monoisotopic (exact) mass is 296 g/mol. The average molecular weight is 296 g/mol. The lowest BCUT2D eigenvalue weighted by molar-refractivity contribution is -0.137. The van der Waals surface area contributed by atoms with Crippen LogP contribution in [0.25, 0.3) is 12.2 Å². The van der Waals surface area contributed by atoms with E-state index in [0.29, 0.717) is 10.4 Å². The highest BCUT2D eigenvalue weighted by atomic mass is 32.1. The minimum absolute atomic E-state index is 0.472. The van der Waals surface area contributed by atoms with Gasteiger partial charge in [-0.05, 0) is 42.3 Å². The minimum Gasteiger partial charge on any atom is -0.297 e. The fraction of sp³-hybridized carbons (Fsp3) is 0.133. The van der Waals surface area contributed by atoms with Crippen molar-refractivity contribution in [3.05, 3.63) is 56.8 Å².